The normalized spacial score (nSPS) is 21.1. The summed E-state index contributed by atoms with van der Waals surface area (Å²) in [4.78, 5) is 25.3. The first-order valence-electron chi connectivity index (χ1n) is 7.69. The van der Waals surface area contributed by atoms with Crippen molar-refractivity contribution in [1.82, 2.24) is 10.2 Å². The molecule has 0 saturated heterocycles. The standard InChI is InChI=1S/C15H26N2O3/c1-17(12-4-5-12)9-8-16-13(18)10-15(11-14(19)20)6-2-3-7-15/h12H,2-11H2,1H3,(H,16,18)(H,19,20). The van der Waals surface area contributed by atoms with Gasteiger partial charge in [0.1, 0.15) is 0 Å². The molecule has 2 fully saturated rings. The fraction of sp³-hybridized carbons (Fsp3) is 0.867. The summed E-state index contributed by atoms with van der Waals surface area (Å²) in [5.41, 5.74) is -0.293. The first-order chi connectivity index (χ1) is 9.51. The predicted octanol–water partition coefficient (Wildman–Crippen LogP) is 1.62. The van der Waals surface area contributed by atoms with Gasteiger partial charge in [0.05, 0.1) is 6.42 Å². The van der Waals surface area contributed by atoms with Crippen LogP contribution in [0.5, 0.6) is 0 Å². The van der Waals surface area contributed by atoms with E-state index in [-0.39, 0.29) is 17.7 Å². The highest BCUT2D eigenvalue weighted by molar-refractivity contribution is 5.78. The van der Waals surface area contributed by atoms with Crippen LogP contribution in [0.3, 0.4) is 0 Å². The molecule has 2 aliphatic carbocycles. The highest BCUT2D eigenvalue weighted by atomic mass is 16.4. The average molecular weight is 282 g/mol. The Hall–Kier alpha value is -1.10. The molecule has 0 heterocycles. The van der Waals surface area contributed by atoms with Gasteiger partial charge in [-0.05, 0) is 38.1 Å². The molecule has 1 amide bonds. The highest BCUT2D eigenvalue weighted by Crippen LogP contribution is 2.43. The Morgan fingerprint density at radius 3 is 2.45 bits per heavy atom. The summed E-state index contributed by atoms with van der Waals surface area (Å²) in [6.45, 7) is 1.54. The fourth-order valence-corrected chi connectivity index (χ4v) is 3.33. The minimum Gasteiger partial charge on any atom is -0.481 e. The lowest BCUT2D eigenvalue weighted by Crippen LogP contribution is -2.36. The smallest absolute Gasteiger partial charge is 0.303 e. The molecule has 0 aromatic carbocycles. The fourth-order valence-electron chi connectivity index (χ4n) is 3.33. The second-order valence-electron chi connectivity index (χ2n) is 6.52. The zero-order valence-corrected chi connectivity index (χ0v) is 12.4. The number of aliphatic carboxylic acids is 1. The second kappa shape index (κ2) is 6.57. The van der Waals surface area contributed by atoms with E-state index in [9.17, 15) is 9.59 Å². The van der Waals surface area contributed by atoms with Gasteiger partial charge in [0, 0.05) is 25.6 Å². The SMILES string of the molecule is CN(CCNC(=O)CC1(CC(=O)O)CCCC1)C1CC1. The second-order valence-corrected chi connectivity index (χ2v) is 6.52. The molecule has 0 unspecified atom stereocenters. The van der Waals surface area contributed by atoms with Gasteiger partial charge in [-0.1, -0.05) is 12.8 Å². The van der Waals surface area contributed by atoms with Gasteiger partial charge < -0.3 is 15.3 Å². The van der Waals surface area contributed by atoms with E-state index >= 15 is 0 Å². The Morgan fingerprint density at radius 1 is 1.25 bits per heavy atom. The number of hydrogen-bond donors (Lipinski definition) is 2. The quantitative estimate of drug-likeness (QED) is 0.710. The summed E-state index contributed by atoms with van der Waals surface area (Å²) in [5, 5.41) is 12.0. The topological polar surface area (TPSA) is 69.6 Å². The van der Waals surface area contributed by atoms with Crippen LogP contribution >= 0.6 is 0 Å². The van der Waals surface area contributed by atoms with Crippen molar-refractivity contribution in [2.24, 2.45) is 5.41 Å². The third-order valence-corrected chi connectivity index (χ3v) is 4.68. The van der Waals surface area contributed by atoms with Crippen molar-refractivity contribution in [3.63, 3.8) is 0 Å². The zero-order valence-electron chi connectivity index (χ0n) is 12.4. The Balaban J connectivity index is 1.72. The van der Waals surface area contributed by atoms with Gasteiger partial charge in [-0.15, -0.1) is 0 Å². The molecule has 114 valence electrons. The van der Waals surface area contributed by atoms with Crippen LogP contribution in [0.25, 0.3) is 0 Å². The van der Waals surface area contributed by atoms with Crippen LogP contribution in [0.1, 0.15) is 51.4 Å². The summed E-state index contributed by atoms with van der Waals surface area (Å²) in [6, 6.07) is 0.708. The lowest BCUT2D eigenvalue weighted by molar-refractivity contribution is -0.140. The summed E-state index contributed by atoms with van der Waals surface area (Å²) < 4.78 is 0. The predicted molar refractivity (Wildman–Crippen MR) is 76.4 cm³/mol. The number of rotatable bonds is 8. The third-order valence-electron chi connectivity index (χ3n) is 4.68. The maximum absolute atomic E-state index is 12.0. The van der Waals surface area contributed by atoms with Crippen LogP contribution < -0.4 is 5.32 Å². The first-order valence-corrected chi connectivity index (χ1v) is 7.69. The molecule has 2 saturated carbocycles. The summed E-state index contributed by atoms with van der Waals surface area (Å²) in [7, 11) is 2.09. The van der Waals surface area contributed by atoms with E-state index in [2.05, 4.69) is 17.3 Å². The average Bonchev–Trinajstić information content (AvgIpc) is 3.11. The van der Waals surface area contributed by atoms with Crippen molar-refractivity contribution in [3.05, 3.63) is 0 Å². The molecule has 0 bridgehead atoms. The van der Waals surface area contributed by atoms with E-state index in [0.29, 0.717) is 19.0 Å². The number of amides is 1. The molecule has 2 N–H and O–H groups in total. The van der Waals surface area contributed by atoms with Gasteiger partial charge in [0.2, 0.25) is 5.91 Å². The third kappa shape index (κ3) is 4.47. The van der Waals surface area contributed by atoms with Gasteiger partial charge in [-0.3, -0.25) is 9.59 Å². The lowest BCUT2D eigenvalue weighted by Gasteiger charge is -2.26. The lowest BCUT2D eigenvalue weighted by atomic mass is 9.79. The number of hydrogen-bond acceptors (Lipinski definition) is 3. The Labute approximate surface area is 120 Å². The maximum atomic E-state index is 12.0. The zero-order chi connectivity index (χ0) is 14.6. The van der Waals surface area contributed by atoms with E-state index < -0.39 is 5.97 Å². The van der Waals surface area contributed by atoms with Crippen LogP contribution in [0.2, 0.25) is 0 Å². The molecule has 5 heteroatoms. The highest BCUT2D eigenvalue weighted by Gasteiger charge is 2.37. The number of carbonyl (C=O) groups excluding carboxylic acids is 1. The number of carbonyl (C=O) groups is 2. The molecule has 0 radical (unpaired) electrons. The number of likely N-dealkylation sites (N-methyl/N-ethyl adjacent to an activating group) is 1. The molecular weight excluding hydrogens is 256 g/mol. The first kappa shape index (κ1) is 15.3. The molecule has 5 nitrogen and oxygen atoms in total. The van der Waals surface area contributed by atoms with Crippen molar-refractivity contribution in [2.75, 3.05) is 20.1 Å². The van der Waals surface area contributed by atoms with Crippen molar-refractivity contribution in [3.8, 4) is 0 Å². The largest absolute Gasteiger partial charge is 0.481 e. The molecule has 0 aromatic rings. The van der Waals surface area contributed by atoms with E-state index in [4.69, 9.17) is 5.11 Å². The van der Waals surface area contributed by atoms with Crippen molar-refractivity contribution < 1.29 is 14.7 Å². The Kier molecular flexibility index (Phi) is 5.02. The molecule has 0 spiro atoms. The van der Waals surface area contributed by atoms with Crippen molar-refractivity contribution in [2.45, 2.75) is 57.4 Å². The van der Waals surface area contributed by atoms with E-state index in [1.807, 2.05) is 0 Å². The van der Waals surface area contributed by atoms with Gasteiger partial charge >= 0.3 is 5.97 Å². The van der Waals surface area contributed by atoms with Crippen LogP contribution in [0.4, 0.5) is 0 Å². The van der Waals surface area contributed by atoms with E-state index in [0.717, 1.165) is 32.2 Å². The summed E-state index contributed by atoms with van der Waals surface area (Å²) in [6.07, 6.45) is 6.87. The minimum atomic E-state index is -0.784. The van der Waals surface area contributed by atoms with Gasteiger partial charge in [0.15, 0.2) is 0 Å². The monoisotopic (exact) mass is 282 g/mol. The molecular formula is C15H26N2O3. The van der Waals surface area contributed by atoms with Crippen molar-refractivity contribution >= 4 is 11.9 Å². The van der Waals surface area contributed by atoms with Crippen LogP contribution in [-0.2, 0) is 9.59 Å². The molecule has 2 aliphatic rings. The number of nitrogens with one attached hydrogen (secondary N) is 1. The summed E-state index contributed by atoms with van der Waals surface area (Å²) in [5.74, 6) is -0.773. The van der Waals surface area contributed by atoms with Gasteiger partial charge in [-0.25, -0.2) is 0 Å². The molecule has 2 rings (SSSR count). The molecule has 0 atom stereocenters. The Bertz CT molecular complexity index is 360. The van der Waals surface area contributed by atoms with Gasteiger partial charge in [-0.2, -0.15) is 0 Å². The summed E-state index contributed by atoms with van der Waals surface area (Å²) >= 11 is 0. The molecule has 0 aliphatic heterocycles. The van der Waals surface area contributed by atoms with Crippen molar-refractivity contribution in [1.29, 1.82) is 0 Å². The van der Waals surface area contributed by atoms with E-state index in [1.165, 1.54) is 12.8 Å². The number of carboxylic acids is 1. The molecule has 0 aromatic heterocycles. The molecule has 20 heavy (non-hydrogen) atoms. The number of nitrogens with zero attached hydrogens (tertiary/aromatic N) is 1. The number of carboxylic acid groups (broad SMARTS) is 1. The van der Waals surface area contributed by atoms with E-state index in [1.54, 1.807) is 0 Å². The Morgan fingerprint density at radius 2 is 1.90 bits per heavy atom. The van der Waals surface area contributed by atoms with Crippen LogP contribution in [0, 0.1) is 5.41 Å². The maximum Gasteiger partial charge on any atom is 0.303 e. The van der Waals surface area contributed by atoms with Crippen LogP contribution in [0.15, 0.2) is 0 Å². The minimum absolute atomic E-state index is 0.0114. The van der Waals surface area contributed by atoms with Crippen LogP contribution in [-0.4, -0.2) is 48.1 Å². The van der Waals surface area contributed by atoms with Gasteiger partial charge in [0.25, 0.3) is 0 Å².